The molecule has 0 aromatic rings. The minimum absolute atomic E-state index is 0.112. The van der Waals surface area contributed by atoms with Gasteiger partial charge in [0.1, 0.15) is 5.54 Å². The average Bonchev–Trinajstić information content (AvgIpc) is 2.66. The lowest BCUT2D eigenvalue weighted by Gasteiger charge is -2.37. The van der Waals surface area contributed by atoms with Crippen molar-refractivity contribution in [2.75, 3.05) is 6.26 Å². The van der Waals surface area contributed by atoms with Crippen LogP contribution in [0.2, 0.25) is 0 Å². The van der Waals surface area contributed by atoms with E-state index in [0.29, 0.717) is 12.8 Å². The molecule has 0 aromatic carbocycles. The van der Waals surface area contributed by atoms with Gasteiger partial charge in [-0.25, -0.2) is 8.42 Å². The summed E-state index contributed by atoms with van der Waals surface area (Å²) in [6, 6.07) is 0.208. The van der Waals surface area contributed by atoms with Gasteiger partial charge in [-0.3, -0.25) is 4.79 Å². The lowest BCUT2D eigenvalue weighted by atomic mass is 9.81. The Labute approximate surface area is 128 Å². The lowest BCUT2D eigenvalue weighted by Crippen LogP contribution is -2.60. The van der Waals surface area contributed by atoms with E-state index in [4.69, 9.17) is 0 Å². The second-order valence-corrected chi connectivity index (χ2v) is 8.43. The Bertz CT molecular complexity index is 448. The van der Waals surface area contributed by atoms with Gasteiger partial charge in [0.15, 0.2) is 0 Å². The standard InChI is InChI=1S/C15H28N2O3S/c1-21(19,20)17-15(11-7-4-8-12-15)14(18)16-13-9-5-2-3-6-10-13/h13,17H,2-12H2,1H3,(H,16,18). The Hall–Kier alpha value is -0.620. The third-order valence-electron chi connectivity index (χ3n) is 4.71. The molecule has 0 spiro atoms. The molecule has 2 saturated carbocycles. The monoisotopic (exact) mass is 316 g/mol. The molecule has 2 aliphatic rings. The quantitative estimate of drug-likeness (QED) is 0.780. The van der Waals surface area contributed by atoms with E-state index in [2.05, 4.69) is 10.0 Å². The number of hydrogen-bond donors (Lipinski definition) is 2. The normalized spacial score (nSPS) is 24.2. The van der Waals surface area contributed by atoms with Crippen molar-refractivity contribution >= 4 is 15.9 Å². The first-order valence-corrected chi connectivity index (χ1v) is 10.1. The maximum atomic E-state index is 12.7. The van der Waals surface area contributed by atoms with Crippen LogP contribution in [0.25, 0.3) is 0 Å². The van der Waals surface area contributed by atoms with Crippen molar-refractivity contribution in [3.05, 3.63) is 0 Å². The molecule has 0 unspecified atom stereocenters. The van der Waals surface area contributed by atoms with E-state index in [-0.39, 0.29) is 11.9 Å². The summed E-state index contributed by atoms with van der Waals surface area (Å²) in [5.74, 6) is -0.112. The number of rotatable bonds is 4. The summed E-state index contributed by atoms with van der Waals surface area (Å²) in [4.78, 5) is 12.7. The van der Waals surface area contributed by atoms with Crippen LogP contribution in [0.4, 0.5) is 0 Å². The van der Waals surface area contributed by atoms with Gasteiger partial charge in [0.2, 0.25) is 15.9 Å². The molecule has 0 aromatic heterocycles. The van der Waals surface area contributed by atoms with Gasteiger partial charge in [-0.1, -0.05) is 44.9 Å². The van der Waals surface area contributed by atoms with Crippen molar-refractivity contribution in [2.45, 2.75) is 82.2 Å². The van der Waals surface area contributed by atoms with Gasteiger partial charge in [0, 0.05) is 6.04 Å². The fraction of sp³-hybridized carbons (Fsp3) is 0.933. The molecule has 0 saturated heterocycles. The van der Waals surface area contributed by atoms with E-state index in [1.807, 2.05) is 0 Å². The van der Waals surface area contributed by atoms with E-state index < -0.39 is 15.6 Å². The smallest absolute Gasteiger partial charge is 0.241 e. The summed E-state index contributed by atoms with van der Waals surface area (Å²) in [5, 5.41) is 3.13. The highest BCUT2D eigenvalue weighted by Crippen LogP contribution is 2.30. The molecule has 122 valence electrons. The van der Waals surface area contributed by atoms with Crippen LogP contribution in [0.1, 0.15) is 70.6 Å². The largest absolute Gasteiger partial charge is 0.352 e. The van der Waals surface area contributed by atoms with Crippen molar-refractivity contribution in [2.24, 2.45) is 0 Å². The molecule has 0 aliphatic heterocycles. The Kier molecular flexibility index (Phi) is 5.66. The fourth-order valence-corrected chi connectivity index (χ4v) is 4.64. The molecule has 0 heterocycles. The first-order chi connectivity index (χ1) is 9.91. The summed E-state index contributed by atoms with van der Waals surface area (Å²) in [6.45, 7) is 0. The Morgan fingerprint density at radius 3 is 2.00 bits per heavy atom. The molecule has 2 N–H and O–H groups in total. The number of hydrogen-bond acceptors (Lipinski definition) is 3. The van der Waals surface area contributed by atoms with Crippen LogP contribution in [-0.4, -0.2) is 32.2 Å². The van der Waals surface area contributed by atoms with Crippen LogP contribution < -0.4 is 10.0 Å². The third-order valence-corrected chi connectivity index (χ3v) is 5.47. The molecule has 21 heavy (non-hydrogen) atoms. The van der Waals surface area contributed by atoms with Crippen LogP contribution in [0.5, 0.6) is 0 Å². The van der Waals surface area contributed by atoms with Crippen LogP contribution in [0.15, 0.2) is 0 Å². The maximum absolute atomic E-state index is 12.7. The Balaban J connectivity index is 2.06. The van der Waals surface area contributed by atoms with Crippen LogP contribution in [0.3, 0.4) is 0 Å². The molecule has 0 radical (unpaired) electrons. The topological polar surface area (TPSA) is 75.3 Å². The lowest BCUT2D eigenvalue weighted by molar-refractivity contribution is -0.129. The van der Waals surface area contributed by atoms with E-state index in [9.17, 15) is 13.2 Å². The number of sulfonamides is 1. The van der Waals surface area contributed by atoms with Gasteiger partial charge in [-0.2, -0.15) is 4.72 Å². The fourth-order valence-electron chi connectivity index (χ4n) is 3.63. The second-order valence-electron chi connectivity index (χ2n) is 6.68. The minimum Gasteiger partial charge on any atom is -0.352 e. The number of nitrogens with one attached hydrogen (secondary N) is 2. The molecule has 6 heteroatoms. The zero-order valence-corrected chi connectivity index (χ0v) is 13.8. The SMILES string of the molecule is CS(=O)(=O)NC1(C(=O)NC2CCCCCC2)CCCCC1. The Morgan fingerprint density at radius 1 is 0.952 bits per heavy atom. The van der Waals surface area contributed by atoms with Gasteiger partial charge in [-0.15, -0.1) is 0 Å². The van der Waals surface area contributed by atoms with Crippen molar-refractivity contribution in [1.82, 2.24) is 10.0 Å². The predicted octanol–water partition coefficient (Wildman–Crippen LogP) is 2.08. The van der Waals surface area contributed by atoms with Crippen LogP contribution in [0, 0.1) is 0 Å². The summed E-state index contributed by atoms with van der Waals surface area (Å²) in [6.07, 6.45) is 12.0. The summed E-state index contributed by atoms with van der Waals surface area (Å²) < 4.78 is 26.0. The molecule has 5 nitrogen and oxygen atoms in total. The molecule has 2 rings (SSSR count). The van der Waals surface area contributed by atoms with Crippen molar-refractivity contribution < 1.29 is 13.2 Å². The van der Waals surface area contributed by atoms with Crippen molar-refractivity contribution in [1.29, 1.82) is 0 Å². The summed E-state index contributed by atoms with van der Waals surface area (Å²) >= 11 is 0. The summed E-state index contributed by atoms with van der Waals surface area (Å²) in [5.41, 5.74) is -0.919. The van der Waals surface area contributed by atoms with Gasteiger partial charge in [0.05, 0.1) is 6.26 Å². The minimum atomic E-state index is -3.39. The Morgan fingerprint density at radius 2 is 1.48 bits per heavy atom. The van der Waals surface area contributed by atoms with Crippen molar-refractivity contribution in [3.8, 4) is 0 Å². The maximum Gasteiger partial charge on any atom is 0.241 e. The number of carbonyl (C=O) groups is 1. The van der Waals surface area contributed by atoms with E-state index in [1.165, 1.54) is 12.8 Å². The first kappa shape index (κ1) is 16.7. The van der Waals surface area contributed by atoms with E-state index in [1.54, 1.807) is 0 Å². The van der Waals surface area contributed by atoms with Gasteiger partial charge >= 0.3 is 0 Å². The average molecular weight is 316 g/mol. The number of carbonyl (C=O) groups excluding carboxylic acids is 1. The number of amides is 1. The third kappa shape index (κ3) is 4.95. The molecule has 1 amide bonds. The highest BCUT2D eigenvalue weighted by molar-refractivity contribution is 7.88. The first-order valence-electron chi connectivity index (χ1n) is 8.21. The molecule has 0 atom stereocenters. The van der Waals surface area contributed by atoms with E-state index >= 15 is 0 Å². The predicted molar refractivity (Wildman–Crippen MR) is 83.4 cm³/mol. The van der Waals surface area contributed by atoms with Crippen molar-refractivity contribution in [3.63, 3.8) is 0 Å². The van der Waals surface area contributed by atoms with Crippen LogP contribution in [-0.2, 0) is 14.8 Å². The van der Waals surface area contributed by atoms with Gasteiger partial charge < -0.3 is 5.32 Å². The van der Waals surface area contributed by atoms with Gasteiger partial charge in [0.25, 0.3) is 0 Å². The molecule has 0 bridgehead atoms. The van der Waals surface area contributed by atoms with E-state index in [0.717, 1.165) is 51.2 Å². The van der Waals surface area contributed by atoms with Crippen LogP contribution >= 0.6 is 0 Å². The molecular weight excluding hydrogens is 288 g/mol. The highest BCUT2D eigenvalue weighted by atomic mass is 32.2. The zero-order chi connectivity index (χ0) is 15.3. The molecular formula is C15H28N2O3S. The summed E-state index contributed by atoms with van der Waals surface area (Å²) in [7, 11) is -3.39. The highest BCUT2D eigenvalue weighted by Gasteiger charge is 2.42. The van der Waals surface area contributed by atoms with Gasteiger partial charge in [-0.05, 0) is 25.7 Å². The zero-order valence-electron chi connectivity index (χ0n) is 13.0. The molecule has 2 fully saturated rings. The second kappa shape index (κ2) is 7.09. The molecule has 2 aliphatic carbocycles.